The van der Waals surface area contributed by atoms with Crippen LogP contribution in [0.1, 0.15) is 48.0 Å². The van der Waals surface area contributed by atoms with Crippen molar-refractivity contribution in [2.24, 2.45) is 5.92 Å². The SMILES string of the molecule is CC(NC(=O)NC(CC(=O)O)C(C)C)C(=O)NC(C)(C)C. The van der Waals surface area contributed by atoms with E-state index in [2.05, 4.69) is 16.0 Å². The molecule has 2 unspecified atom stereocenters. The second-order valence-electron chi connectivity index (χ2n) is 6.53. The molecule has 0 aromatic rings. The van der Waals surface area contributed by atoms with Gasteiger partial charge >= 0.3 is 12.0 Å². The van der Waals surface area contributed by atoms with Crippen LogP contribution < -0.4 is 16.0 Å². The van der Waals surface area contributed by atoms with Gasteiger partial charge in [0, 0.05) is 11.6 Å². The highest BCUT2D eigenvalue weighted by molar-refractivity contribution is 5.87. The van der Waals surface area contributed by atoms with Crippen molar-refractivity contribution in [3.05, 3.63) is 0 Å². The zero-order valence-corrected chi connectivity index (χ0v) is 13.6. The molecule has 0 heterocycles. The van der Waals surface area contributed by atoms with E-state index < -0.39 is 24.1 Å². The summed E-state index contributed by atoms with van der Waals surface area (Å²) in [6.07, 6.45) is -0.159. The first-order valence-corrected chi connectivity index (χ1v) is 7.03. The van der Waals surface area contributed by atoms with Gasteiger partial charge in [0.15, 0.2) is 0 Å². The number of amides is 3. The summed E-state index contributed by atoms with van der Waals surface area (Å²) in [4.78, 5) is 34.4. The van der Waals surface area contributed by atoms with Crippen LogP contribution in [0.4, 0.5) is 4.79 Å². The molecular formula is C14H27N3O4. The van der Waals surface area contributed by atoms with Crippen molar-refractivity contribution in [2.75, 3.05) is 0 Å². The fourth-order valence-corrected chi connectivity index (χ4v) is 1.59. The molecule has 7 nitrogen and oxygen atoms in total. The molecule has 0 radical (unpaired) electrons. The molecule has 0 saturated carbocycles. The van der Waals surface area contributed by atoms with Crippen LogP contribution in [0.15, 0.2) is 0 Å². The molecule has 21 heavy (non-hydrogen) atoms. The third-order valence-electron chi connectivity index (χ3n) is 2.75. The minimum atomic E-state index is -0.979. The molecule has 0 aliphatic rings. The summed E-state index contributed by atoms with van der Waals surface area (Å²) >= 11 is 0. The Morgan fingerprint density at radius 1 is 1.05 bits per heavy atom. The summed E-state index contributed by atoms with van der Waals surface area (Å²) in [5, 5.41) is 16.7. The Kier molecular flexibility index (Phi) is 7.18. The number of urea groups is 1. The Bertz CT molecular complexity index is 388. The smallest absolute Gasteiger partial charge is 0.315 e. The number of hydrogen-bond acceptors (Lipinski definition) is 3. The highest BCUT2D eigenvalue weighted by atomic mass is 16.4. The first-order chi connectivity index (χ1) is 9.42. The van der Waals surface area contributed by atoms with Crippen molar-refractivity contribution in [1.82, 2.24) is 16.0 Å². The van der Waals surface area contributed by atoms with Gasteiger partial charge in [-0.3, -0.25) is 9.59 Å². The maximum Gasteiger partial charge on any atom is 0.315 e. The highest BCUT2D eigenvalue weighted by Gasteiger charge is 2.23. The van der Waals surface area contributed by atoms with Crippen LogP contribution in [0.5, 0.6) is 0 Å². The Morgan fingerprint density at radius 2 is 1.57 bits per heavy atom. The van der Waals surface area contributed by atoms with Crippen LogP contribution in [-0.2, 0) is 9.59 Å². The van der Waals surface area contributed by atoms with Gasteiger partial charge in [-0.15, -0.1) is 0 Å². The highest BCUT2D eigenvalue weighted by Crippen LogP contribution is 2.06. The van der Waals surface area contributed by atoms with Crippen molar-refractivity contribution < 1.29 is 19.5 Å². The fraction of sp³-hybridized carbons (Fsp3) is 0.786. The zero-order valence-electron chi connectivity index (χ0n) is 13.6. The number of carboxylic acid groups (broad SMARTS) is 1. The Morgan fingerprint density at radius 3 is 1.95 bits per heavy atom. The van der Waals surface area contributed by atoms with Crippen molar-refractivity contribution in [1.29, 1.82) is 0 Å². The fourth-order valence-electron chi connectivity index (χ4n) is 1.59. The molecule has 0 bridgehead atoms. The van der Waals surface area contributed by atoms with Crippen molar-refractivity contribution in [2.45, 2.75) is 65.6 Å². The number of carboxylic acids is 1. The molecule has 0 fully saturated rings. The maximum absolute atomic E-state index is 11.8. The molecule has 4 N–H and O–H groups in total. The Balaban J connectivity index is 4.46. The Hall–Kier alpha value is -1.79. The second-order valence-corrected chi connectivity index (χ2v) is 6.53. The summed E-state index contributed by atoms with van der Waals surface area (Å²) in [6, 6.07) is -1.74. The van der Waals surface area contributed by atoms with Gasteiger partial charge in [0.1, 0.15) is 6.04 Å². The summed E-state index contributed by atoms with van der Waals surface area (Å²) in [5.41, 5.74) is -0.382. The molecule has 0 aromatic carbocycles. The first-order valence-electron chi connectivity index (χ1n) is 7.03. The Labute approximate surface area is 125 Å². The van der Waals surface area contributed by atoms with Crippen molar-refractivity contribution in [3.8, 4) is 0 Å². The molecule has 2 atom stereocenters. The van der Waals surface area contributed by atoms with E-state index in [9.17, 15) is 14.4 Å². The molecule has 7 heteroatoms. The van der Waals surface area contributed by atoms with Gasteiger partial charge in [-0.2, -0.15) is 0 Å². The maximum atomic E-state index is 11.8. The standard InChI is InChI=1S/C14H27N3O4/c1-8(2)10(7-11(18)19)16-13(21)15-9(3)12(20)17-14(4,5)6/h8-10H,7H2,1-6H3,(H,17,20)(H,18,19)(H2,15,16,21). The second kappa shape index (κ2) is 7.85. The van der Waals surface area contributed by atoms with Gasteiger partial charge in [-0.25, -0.2) is 4.79 Å². The van der Waals surface area contributed by atoms with Crippen LogP contribution >= 0.6 is 0 Å². The van der Waals surface area contributed by atoms with E-state index in [1.807, 2.05) is 34.6 Å². The number of aliphatic carboxylic acids is 1. The molecule has 0 rings (SSSR count). The van der Waals surface area contributed by atoms with Crippen LogP contribution in [0, 0.1) is 5.92 Å². The molecule has 0 aromatic heterocycles. The molecule has 0 spiro atoms. The third-order valence-corrected chi connectivity index (χ3v) is 2.75. The van der Waals surface area contributed by atoms with E-state index in [1.165, 1.54) is 0 Å². The van der Waals surface area contributed by atoms with Crippen LogP contribution in [0.25, 0.3) is 0 Å². The average molecular weight is 301 g/mol. The summed E-state index contributed by atoms with van der Waals surface area (Å²) in [7, 11) is 0. The van der Waals surface area contributed by atoms with Crippen LogP contribution in [-0.4, -0.2) is 40.6 Å². The average Bonchev–Trinajstić information content (AvgIpc) is 2.24. The quantitative estimate of drug-likeness (QED) is 0.589. The van der Waals surface area contributed by atoms with Crippen LogP contribution in [0.2, 0.25) is 0 Å². The topological polar surface area (TPSA) is 108 Å². The van der Waals surface area contributed by atoms with Gasteiger partial charge in [0.25, 0.3) is 0 Å². The van der Waals surface area contributed by atoms with Gasteiger partial charge in [-0.05, 0) is 33.6 Å². The molecule has 0 aliphatic heterocycles. The lowest BCUT2D eigenvalue weighted by atomic mass is 10.0. The van der Waals surface area contributed by atoms with Crippen molar-refractivity contribution in [3.63, 3.8) is 0 Å². The molecular weight excluding hydrogens is 274 g/mol. The minimum Gasteiger partial charge on any atom is -0.481 e. The molecule has 0 aliphatic carbocycles. The predicted molar refractivity (Wildman–Crippen MR) is 79.9 cm³/mol. The van der Waals surface area contributed by atoms with E-state index in [-0.39, 0.29) is 23.8 Å². The van der Waals surface area contributed by atoms with Crippen molar-refractivity contribution >= 4 is 17.9 Å². The van der Waals surface area contributed by atoms with E-state index in [4.69, 9.17) is 5.11 Å². The van der Waals surface area contributed by atoms with E-state index in [1.54, 1.807) is 6.92 Å². The summed E-state index contributed by atoms with van der Waals surface area (Å²) in [5.74, 6) is -1.30. The predicted octanol–water partition coefficient (Wildman–Crippen LogP) is 1.09. The van der Waals surface area contributed by atoms with E-state index in [0.717, 1.165) is 0 Å². The number of carbonyl (C=O) groups is 3. The largest absolute Gasteiger partial charge is 0.481 e. The van der Waals surface area contributed by atoms with Gasteiger partial charge in [0.2, 0.25) is 5.91 Å². The normalized spacial score (nSPS) is 14.2. The van der Waals surface area contributed by atoms with E-state index in [0.29, 0.717) is 0 Å². The number of carbonyl (C=O) groups excluding carboxylic acids is 2. The molecule has 122 valence electrons. The summed E-state index contributed by atoms with van der Waals surface area (Å²) in [6.45, 7) is 10.8. The van der Waals surface area contributed by atoms with Gasteiger partial charge in [0.05, 0.1) is 6.42 Å². The first kappa shape index (κ1) is 19.2. The minimum absolute atomic E-state index is 0.0226. The third kappa shape index (κ3) is 8.88. The lowest BCUT2D eigenvalue weighted by Crippen LogP contribution is -2.54. The van der Waals surface area contributed by atoms with Crippen LogP contribution in [0.3, 0.4) is 0 Å². The number of nitrogens with one attached hydrogen (secondary N) is 3. The van der Waals surface area contributed by atoms with Gasteiger partial charge in [-0.1, -0.05) is 13.8 Å². The molecule has 0 saturated heterocycles. The lowest BCUT2D eigenvalue weighted by molar-refractivity contribution is -0.137. The van der Waals surface area contributed by atoms with Gasteiger partial charge < -0.3 is 21.1 Å². The zero-order chi connectivity index (χ0) is 16.8. The van der Waals surface area contributed by atoms with E-state index >= 15 is 0 Å². The monoisotopic (exact) mass is 301 g/mol. The summed E-state index contributed by atoms with van der Waals surface area (Å²) < 4.78 is 0. The number of hydrogen-bond donors (Lipinski definition) is 4. The molecule has 3 amide bonds. The number of rotatable bonds is 6. The lowest BCUT2D eigenvalue weighted by Gasteiger charge is -2.25.